The van der Waals surface area contributed by atoms with Crippen LogP contribution in [0.5, 0.6) is 5.75 Å². The maximum atomic E-state index is 12.9. The molecule has 0 radical (unpaired) electrons. The average Bonchev–Trinajstić information content (AvgIpc) is 3.36. The van der Waals surface area contributed by atoms with Crippen LogP contribution in [-0.4, -0.2) is 34.9 Å². The number of alkyl halides is 3. The lowest BCUT2D eigenvalue weighted by Gasteiger charge is -2.14. The van der Waals surface area contributed by atoms with Gasteiger partial charge in [-0.1, -0.05) is 0 Å². The second kappa shape index (κ2) is 7.30. The van der Waals surface area contributed by atoms with Gasteiger partial charge in [-0.25, -0.2) is 18.1 Å². The van der Waals surface area contributed by atoms with Gasteiger partial charge in [0.05, 0.1) is 24.4 Å². The predicted octanol–water partition coefficient (Wildman–Crippen LogP) is 3.59. The Kier molecular flexibility index (Phi) is 4.88. The van der Waals surface area contributed by atoms with Gasteiger partial charge in [-0.3, -0.25) is 4.72 Å². The number of benzene rings is 1. The summed E-state index contributed by atoms with van der Waals surface area (Å²) in [6, 6.07) is 7.79. The van der Waals surface area contributed by atoms with E-state index in [1.807, 2.05) is 12.1 Å². The fraction of sp³-hybridized carbons (Fsp3) is 0.158. The molecule has 8 nitrogen and oxygen atoms in total. The van der Waals surface area contributed by atoms with Crippen molar-refractivity contribution in [1.29, 1.82) is 0 Å². The molecule has 0 aliphatic rings. The highest BCUT2D eigenvalue weighted by molar-refractivity contribution is 7.92. The average molecular weight is 451 g/mol. The number of aromatic nitrogens is 4. The normalized spacial score (nSPS) is 12.3. The molecular formula is C19H16F3N5O3S. The van der Waals surface area contributed by atoms with Crippen molar-refractivity contribution in [3.05, 3.63) is 60.7 Å². The Balaban J connectivity index is 1.67. The van der Waals surface area contributed by atoms with Crippen molar-refractivity contribution >= 4 is 26.6 Å². The minimum absolute atomic E-state index is 0.0385. The van der Waals surface area contributed by atoms with E-state index in [1.54, 1.807) is 23.9 Å². The first-order valence-corrected chi connectivity index (χ1v) is 10.3. The molecule has 3 heterocycles. The Bertz CT molecular complexity index is 1360. The number of nitrogens with zero attached hydrogens (tertiary/aromatic N) is 4. The molecule has 4 aromatic rings. The number of sulfonamides is 1. The molecule has 162 valence electrons. The highest BCUT2D eigenvalue weighted by atomic mass is 32.2. The molecule has 0 aliphatic carbocycles. The van der Waals surface area contributed by atoms with Crippen LogP contribution in [0.3, 0.4) is 0 Å². The maximum Gasteiger partial charge on any atom is 0.419 e. The van der Waals surface area contributed by atoms with Crippen molar-refractivity contribution in [1.82, 2.24) is 19.3 Å². The number of nitrogens with one attached hydrogen (secondary N) is 1. The number of rotatable bonds is 5. The topological polar surface area (TPSA) is 91.0 Å². The quantitative estimate of drug-likeness (QED) is 0.501. The molecule has 0 saturated heterocycles. The van der Waals surface area contributed by atoms with Crippen LogP contribution in [0.25, 0.3) is 16.7 Å². The minimum Gasteiger partial charge on any atom is -0.494 e. The zero-order chi connectivity index (χ0) is 22.4. The Morgan fingerprint density at radius 3 is 2.48 bits per heavy atom. The van der Waals surface area contributed by atoms with Gasteiger partial charge >= 0.3 is 6.18 Å². The van der Waals surface area contributed by atoms with E-state index in [9.17, 15) is 21.6 Å². The smallest absolute Gasteiger partial charge is 0.419 e. The Morgan fingerprint density at radius 2 is 1.87 bits per heavy atom. The molecule has 3 aromatic heterocycles. The number of ether oxygens (including phenoxy) is 1. The van der Waals surface area contributed by atoms with Crippen LogP contribution in [-0.2, 0) is 23.2 Å². The van der Waals surface area contributed by atoms with Gasteiger partial charge in [0, 0.05) is 31.0 Å². The minimum atomic E-state index is -4.54. The number of pyridine rings is 1. The molecule has 1 N–H and O–H groups in total. The van der Waals surface area contributed by atoms with Gasteiger partial charge < -0.3 is 9.30 Å². The zero-order valence-corrected chi connectivity index (χ0v) is 17.1. The van der Waals surface area contributed by atoms with Crippen LogP contribution in [0, 0.1) is 0 Å². The molecule has 0 fully saturated rings. The van der Waals surface area contributed by atoms with Crippen molar-refractivity contribution in [3.63, 3.8) is 0 Å². The third-order valence-electron chi connectivity index (χ3n) is 4.63. The molecule has 0 saturated carbocycles. The molecule has 0 aliphatic heterocycles. The lowest BCUT2D eigenvalue weighted by Crippen LogP contribution is -2.15. The van der Waals surface area contributed by atoms with Gasteiger partial charge in [0.1, 0.15) is 16.3 Å². The van der Waals surface area contributed by atoms with Crippen LogP contribution in [0.1, 0.15) is 5.56 Å². The van der Waals surface area contributed by atoms with Crippen molar-refractivity contribution in [2.24, 2.45) is 7.05 Å². The molecule has 0 amide bonds. The number of anilines is 1. The number of fused-ring (bicyclic) bond motifs is 1. The molecule has 0 unspecified atom stereocenters. The van der Waals surface area contributed by atoms with E-state index in [4.69, 9.17) is 4.74 Å². The Morgan fingerprint density at radius 1 is 1.10 bits per heavy atom. The van der Waals surface area contributed by atoms with E-state index in [2.05, 4.69) is 14.8 Å². The zero-order valence-electron chi connectivity index (χ0n) is 16.3. The lowest BCUT2D eigenvalue weighted by atomic mass is 10.2. The van der Waals surface area contributed by atoms with E-state index < -0.39 is 21.8 Å². The fourth-order valence-corrected chi connectivity index (χ4v) is 4.12. The van der Waals surface area contributed by atoms with Crippen molar-refractivity contribution in [3.8, 4) is 11.6 Å². The Hall–Kier alpha value is -3.54. The van der Waals surface area contributed by atoms with Crippen LogP contribution in [0.2, 0.25) is 0 Å². The van der Waals surface area contributed by atoms with Crippen molar-refractivity contribution < 1.29 is 26.3 Å². The van der Waals surface area contributed by atoms with Crippen LogP contribution in [0.4, 0.5) is 18.9 Å². The number of hydrogen-bond acceptors (Lipinski definition) is 5. The number of methoxy groups -OCH3 is 1. The summed E-state index contributed by atoms with van der Waals surface area (Å²) >= 11 is 0. The summed E-state index contributed by atoms with van der Waals surface area (Å²) in [6.07, 6.45) is -0.263. The van der Waals surface area contributed by atoms with Crippen LogP contribution in [0.15, 0.2) is 60.0 Å². The van der Waals surface area contributed by atoms with Gasteiger partial charge in [-0.15, -0.1) is 0 Å². The third kappa shape index (κ3) is 3.81. The largest absolute Gasteiger partial charge is 0.494 e. The molecule has 0 bridgehead atoms. The molecule has 0 atom stereocenters. The van der Waals surface area contributed by atoms with Crippen molar-refractivity contribution in [2.75, 3.05) is 11.8 Å². The summed E-state index contributed by atoms with van der Waals surface area (Å²) in [5.41, 5.74) is -0.0439. The Labute approximate surface area is 174 Å². The lowest BCUT2D eigenvalue weighted by molar-refractivity contribution is -0.137. The SMILES string of the molecule is COc1ccc2ccn(C)c2c1NS(=O)(=O)c1ccc(-n2cc(C(F)(F)F)cn2)nc1. The van der Waals surface area contributed by atoms with Gasteiger partial charge in [0.2, 0.25) is 0 Å². The van der Waals surface area contributed by atoms with Crippen LogP contribution < -0.4 is 9.46 Å². The summed E-state index contributed by atoms with van der Waals surface area (Å²) in [5.74, 6) is 0.371. The fourth-order valence-electron chi connectivity index (χ4n) is 3.09. The highest BCUT2D eigenvalue weighted by Crippen LogP contribution is 2.35. The molecule has 1 aromatic carbocycles. The van der Waals surface area contributed by atoms with Crippen LogP contribution >= 0.6 is 0 Å². The first-order valence-electron chi connectivity index (χ1n) is 8.83. The van der Waals surface area contributed by atoms with Gasteiger partial charge in [0.15, 0.2) is 5.82 Å². The van der Waals surface area contributed by atoms with E-state index >= 15 is 0 Å². The molecule has 31 heavy (non-hydrogen) atoms. The second-order valence-electron chi connectivity index (χ2n) is 6.64. The standard InChI is InChI=1S/C19H16F3N5O3S/c1-26-8-7-12-3-5-15(30-2)17(18(12)26)25-31(28,29)14-4-6-16(23-10-14)27-11-13(9-24-27)19(20,21)22/h3-11,25H,1-2H3. The molecule has 0 spiro atoms. The summed E-state index contributed by atoms with van der Waals surface area (Å²) in [7, 11) is -0.863. The monoisotopic (exact) mass is 451 g/mol. The maximum absolute atomic E-state index is 12.9. The van der Waals surface area contributed by atoms with E-state index in [0.29, 0.717) is 17.5 Å². The van der Waals surface area contributed by atoms with E-state index in [1.165, 1.54) is 19.2 Å². The summed E-state index contributed by atoms with van der Waals surface area (Å²) < 4.78 is 74.6. The number of halogens is 3. The second-order valence-corrected chi connectivity index (χ2v) is 8.32. The summed E-state index contributed by atoms with van der Waals surface area (Å²) in [6.45, 7) is 0. The predicted molar refractivity (Wildman–Crippen MR) is 107 cm³/mol. The molecule has 4 rings (SSSR count). The number of aryl methyl sites for hydroxylation is 1. The van der Waals surface area contributed by atoms with E-state index in [0.717, 1.165) is 22.5 Å². The first-order chi connectivity index (χ1) is 14.6. The van der Waals surface area contributed by atoms with Gasteiger partial charge in [-0.2, -0.15) is 18.3 Å². The summed E-state index contributed by atoms with van der Waals surface area (Å²) in [5, 5.41) is 4.44. The summed E-state index contributed by atoms with van der Waals surface area (Å²) in [4.78, 5) is 3.77. The van der Waals surface area contributed by atoms with Gasteiger partial charge in [0.25, 0.3) is 10.0 Å². The third-order valence-corrected chi connectivity index (χ3v) is 5.97. The van der Waals surface area contributed by atoms with E-state index in [-0.39, 0.29) is 16.4 Å². The number of hydrogen-bond donors (Lipinski definition) is 1. The first kappa shape index (κ1) is 20.7. The highest BCUT2D eigenvalue weighted by Gasteiger charge is 2.32. The molecule has 12 heteroatoms. The van der Waals surface area contributed by atoms with Gasteiger partial charge in [-0.05, 0) is 30.3 Å². The van der Waals surface area contributed by atoms with Crippen molar-refractivity contribution in [2.45, 2.75) is 11.1 Å². The molecular weight excluding hydrogens is 435 g/mol.